The highest BCUT2D eigenvalue weighted by molar-refractivity contribution is 5.94. The van der Waals surface area contributed by atoms with Gasteiger partial charge in [0.15, 0.2) is 0 Å². The van der Waals surface area contributed by atoms with E-state index in [2.05, 4.69) is 24.3 Å². The van der Waals surface area contributed by atoms with E-state index in [1.54, 1.807) is 17.1 Å². The molecule has 1 aromatic heterocycles. The van der Waals surface area contributed by atoms with E-state index in [1.807, 2.05) is 27.7 Å². The van der Waals surface area contributed by atoms with E-state index in [4.69, 9.17) is 5.73 Å². The molecule has 5 nitrogen and oxygen atoms in total. The summed E-state index contributed by atoms with van der Waals surface area (Å²) in [5.74, 6) is 0.357. The van der Waals surface area contributed by atoms with Crippen LogP contribution in [0.4, 0.5) is 0 Å². The van der Waals surface area contributed by atoms with E-state index in [-0.39, 0.29) is 17.0 Å². The number of hydrogen-bond acceptors (Lipinski definition) is 3. The van der Waals surface area contributed by atoms with Crippen LogP contribution in [0.15, 0.2) is 12.4 Å². The minimum absolute atomic E-state index is 0.117. The minimum Gasteiger partial charge on any atom is -0.346 e. The van der Waals surface area contributed by atoms with Gasteiger partial charge in [0.25, 0.3) is 5.91 Å². The van der Waals surface area contributed by atoms with Gasteiger partial charge in [0.2, 0.25) is 0 Å². The van der Waals surface area contributed by atoms with E-state index >= 15 is 0 Å². The van der Waals surface area contributed by atoms with Crippen LogP contribution in [0.5, 0.6) is 0 Å². The third-order valence-electron chi connectivity index (χ3n) is 3.26. The van der Waals surface area contributed by atoms with Gasteiger partial charge in [-0.3, -0.25) is 9.48 Å². The Labute approximate surface area is 121 Å². The van der Waals surface area contributed by atoms with Crippen LogP contribution in [0.1, 0.15) is 58.3 Å². The van der Waals surface area contributed by atoms with Gasteiger partial charge in [0, 0.05) is 18.3 Å². The quantitative estimate of drug-likeness (QED) is 0.868. The van der Waals surface area contributed by atoms with Crippen molar-refractivity contribution in [1.82, 2.24) is 15.1 Å². The predicted molar refractivity (Wildman–Crippen MR) is 81.6 cm³/mol. The van der Waals surface area contributed by atoms with Crippen molar-refractivity contribution >= 4 is 5.91 Å². The molecule has 0 spiro atoms. The summed E-state index contributed by atoms with van der Waals surface area (Å²) in [7, 11) is 0. The van der Waals surface area contributed by atoms with Crippen molar-refractivity contribution in [2.75, 3.05) is 6.54 Å². The van der Waals surface area contributed by atoms with Gasteiger partial charge < -0.3 is 11.1 Å². The van der Waals surface area contributed by atoms with Gasteiger partial charge in [0.1, 0.15) is 0 Å². The van der Waals surface area contributed by atoms with Gasteiger partial charge in [-0.15, -0.1) is 0 Å². The van der Waals surface area contributed by atoms with Gasteiger partial charge in [-0.05, 0) is 40.0 Å². The normalized spacial score (nSPS) is 15.2. The molecule has 0 fully saturated rings. The standard InChI is InChI=1S/C15H28N4O/c1-11(2)7-15(6,10-16)18-13(20)12-8-17-19(9-12)14(3,4)5/h8-9,11H,7,10,16H2,1-6H3,(H,18,20). The third-order valence-corrected chi connectivity index (χ3v) is 3.26. The Bertz CT molecular complexity index is 459. The number of carbonyl (C=O) groups excluding carboxylic acids is 1. The Hall–Kier alpha value is -1.36. The van der Waals surface area contributed by atoms with E-state index < -0.39 is 0 Å². The number of carbonyl (C=O) groups is 1. The second kappa shape index (κ2) is 5.95. The summed E-state index contributed by atoms with van der Waals surface area (Å²) >= 11 is 0. The van der Waals surface area contributed by atoms with Crippen LogP contribution < -0.4 is 11.1 Å². The number of rotatable bonds is 5. The van der Waals surface area contributed by atoms with Crippen LogP contribution in [-0.2, 0) is 5.54 Å². The van der Waals surface area contributed by atoms with Gasteiger partial charge in [0.05, 0.1) is 17.3 Å². The minimum atomic E-state index is -0.380. The van der Waals surface area contributed by atoms with Crippen LogP contribution in [0.25, 0.3) is 0 Å². The van der Waals surface area contributed by atoms with Crippen molar-refractivity contribution < 1.29 is 4.79 Å². The molecule has 20 heavy (non-hydrogen) atoms. The number of hydrogen-bond donors (Lipinski definition) is 2. The molecule has 0 aliphatic rings. The number of amides is 1. The number of nitrogens with two attached hydrogens (primary N) is 1. The van der Waals surface area contributed by atoms with Crippen molar-refractivity contribution in [3.8, 4) is 0 Å². The summed E-state index contributed by atoms with van der Waals surface area (Å²) in [6, 6.07) is 0. The Morgan fingerprint density at radius 2 is 2.00 bits per heavy atom. The van der Waals surface area contributed by atoms with Crippen molar-refractivity contribution in [1.29, 1.82) is 0 Å². The zero-order valence-corrected chi connectivity index (χ0v) is 13.5. The zero-order chi connectivity index (χ0) is 15.6. The first-order chi connectivity index (χ1) is 9.07. The molecule has 1 amide bonds. The maximum Gasteiger partial charge on any atom is 0.254 e. The highest BCUT2D eigenvalue weighted by Gasteiger charge is 2.27. The molecule has 1 aromatic rings. The second-order valence-electron chi connectivity index (χ2n) is 7.16. The molecule has 1 rings (SSSR count). The zero-order valence-electron chi connectivity index (χ0n) is 13.5. The van der Waals surface area contributed by atoms with Crippen LogP contribution in [-0.4, -0.2) is 27.8 Å². The first kappa shape index (κ1) is 16.7. The third kappa shape index (κ3) is 4.34. The lowest BCUT2D eigenvalue weighted by molar-refractivity contribution is 0.0898. The molecule has 0 aromatic carbocycles. The highest BCUT2D eigenvalue weighted by atomic mass is 16.1. The molecule has 0 saturated carbocycles. The topological polar surface area (TPSA) is 72.9 Å². The first-order valence-corrected chi connectivity index (χ1v) is 7.15. The van der Waals surface area contributed by atoms with Crippen LogP contribution in [0.3, 0.4) is 0 Å². The van der Waals surface area contributed by atoms with Crippen LogP contribution in [0, 0.1) is 5.92 Å². The molecule has 5 heteroatoms. The molecule has 0 aliphatic heterocycles. The first-order valence-electron chi connectivity index (χ1n) is 7.15. The second-order valence-corrected chi connectivity index (χ2v) is 7.16. The fourth-order valence-electron chi connectivity index (χ4n) is 2.24. The van der Waals surface area contributed by atoms with Crippen molar-refractivity contribution in [2.24, 2.45) is 11.7 Å². The fraction of sp³-hybridized carbons (Fsp3) is 0.733. The van der Waals surface area contributed by atoms with Gasteiger partial charge in [-0.1, -0.05) is 13.8 Å². The highest BCUT2D eigenvalue weighted by Crippen LogP contribution is 2.17. The molecule has 0 bridgehead atoms. The summed E-state index contributed by atoms with van der Waals surface area (Å²) in [4.78, 5) is 12.3. The molecule has 0 saturated heterocycles. The van der Waals surface area contributed by atoms with E-state index in [1.165, 1.54) is 0 Å². The van der Waals surface area contributed by atoms with Gasteiger partial charge >= 0.3 is 0 Å². The Morgan fingerprint density at radius 1 is 1.40 bits per heavy atom. The SMILES string of the molecule is CC(C)CC(C)(CN)NC(=O)c1cnn(C(C)(C)C)c1. The van der Waals surface area contributed by atoms with Crippen LogP contribution >= 0.6 is 0 Å². The molecular formula is C15H28N4O. The average molecular weight is 280 g/mol. The average Bonchev–Trinajstić information content (AvgIpc) is 2.76. The summed E-state index contributed by atoms with van der Waals surface area (Å²) in [6.07, 6.45) is 4.23. The van der Waals surface area contributed by atoms with E-state index in [0.29, 0.717) is 18.0 Å². The van der Waals surface area contributed by atoms with Crippen molar-refractivity contribution in [3.63, 3.8) is 0 Å². The molecule has 1 unspecified atom stereocenters. The van der Waals surface area contributed by atoms with E-state index in [9.17, 15) is 4.79 Å². The number of nitrogens with one attached hydrogen (secondary N) is 1. The smallest absolute Gasteiger partial charge is 0.254 e. The Kier molecular flexibility index (Phi) is 4.97. The van der Waals surface area contributed by atoms with Gasteiger partial charge in [-0.2, -0.15) is 5.10 Å². The maximum absolute atomic E-state index is 12.3. The number of aromatic nitrogens is 2. The molecule has 0 aliphatic carbocycles. The molecule has 0 radical (unpaired) electrons. The lowest BCUT2D eigenvalue weighted by atomic mass is 9.90. The largest absolute Gasteiger partial charge is 0.346 e. The predicted octanol–water partition coefficient (Wildman–Crippen LogP) is 2.13. The summed E-state index contributed by atoms with van der Waals surface area (Å²) < 4.78 is 1.80. The van der Waals surface area contributed by atoms with Crippen LogP contribution in [0.2, 0.25) is 0 Å². The lowest BCUT2D eigenvalue weighted by Crippen LogP contribution is -2.52. The van der Waals surface area contributed by atoms with E-state index in [0.717, 1.165) is 6.42 Å². The van der Waals surface area contributed by atoms with Crippen molar-refractivity contribution in [2.45, 2.75) is 59.0 Å². The maximum atomic E-state index is 12.3. The Morgan fingerprint density at radius 3 is 2.40 bits per heavy atom. The number of nitrogens with zero attached hydrogens (tertiary/aromatic N) is 2. The fourth-order valence-corrected chi connectivity index (χ4v) is 2.24. The summed E-state index contributed by atoms with van der Waals surface area (Å²) in [6.45, 7) is 12.8. The molecule has 114 valence electrons. The summed E-state index contributed by atoms with van der Waals surface area (Å²) in [5, 5.41) is 7.29. The lowest BCUT2D eigenvalue weighted by Gasteiger charge is -2.31. The molecule has 1 heterocycles. The monoisotopic (exact) mass is 280 g/mol. The van der Waals surface area contributed by atoms with Crippen molar-refractivity contribution in [3.05, 3.63) is 18.0 Å². The Balaban J connectivity index is 2.82. The van der Waals surface area contributed by atoms with Gasteiger partial charge in [-0.25, -0.2) is 0 Å². The molecular weight excluding hydrogens is 252 g/mol. The molecule has 1 atom stereocenters. The molecule has 3 N–H and O–H groups in total. The summed E-state index contributed by atoms with van der Waals surface area (Å²) in [5.41, 5.74) is 5.88.